The molecule has 0 heterocycles. The highest BCUT2D eigenvalue weighted by Gasteiger charge is 2.14. The Hall–Kier alpha value is -3.10. The molecule has 7 nitrogen and oxygen atoms in total. The zero-order valence-corrected chi connectivity index (χ0v) is 14.2. The summed E-state index contributed by atoms with van der Waals surface area (Å²) in [7, 11) is -4.23. The normalized spacial score (nSPS) is 11.9. The molecule has 0 atom stereocenters. The van der Waals surface area contributed by atoms with Crippen LogP contribution in [-0.2, 0) is 15.9 Å². The molecule has 3 aromatic rings. The van der Waals surface area contributed by atoms with Crippen LogP contribution in [0.4, 0.5) is 11.4 Å². The molecule has 0 aliphatic rings. The fourth-order valence-electron chi connectivity index (χ4n) is 2.57. The van der Waals surface area contributed by atoms with Gasteiger partial charge in [-0.2, -0.15) is 13.5 Å². The standard InChI is InChI=1S/C18H14N2O5S/c21-18(22)15-10-9-12-5-1-3-7-14(12)17(15)20-19-16-8-4-2-6-13(16)11-26(23,24)25/h1-10H,11H2,(H,21,22)(H,23,24,25). The van der Waals surface area contributed by atoms with Gasteiger partial charge in [0.15, 0.2) is 0 Å². The predicted molar refractivity (Wildman–Crippen MR) is 96.8 cm³/mol. The second-order valence-electron chi connectivity index (χ2n) is 5.54. The van der Waals surface area contributed by atoms with Gasteiger partial charge in [0, 0.05) is 5.39 Å². The Bertz CT molecular complexity index is 1120. The number of hydrogen-bond acceptors (Lipinski definition) is 5. The van der Waals surface area contributed by atoms with E-state index < -0.39 is 21.8 Å². The Labute approximate surface area is 149 Å². The van der Waals surface area contributed by atoms with Crippen molar-refractivity contribution in [3.05, 3.63) is 71.8 Å². The van der Waals surface area contributed by atoms with Crippen molar-refractivity contribution < 1.29 is 22.9 Å². The van der Waals surface area contributed by atoms with Crippen molar-refractivity contribution >= 4 is 38.2 Å². The zero-order chi connectivity index (χ0) is 18.7. The van der Waals surface area contributed by atoms with Gasteiger partial charge >= 0.3 is 5.97 Å². The summed E-state index contributed by atoms with van der Waals surface area (Å²) < 4.78 is 31.4. The highest BCUT2D eigenvalue weighted by atomic mass is 32.2. The Balaban J connectivity index is 2.12. The van der Waals surface area contributed by atoms with Gasteiger partial charge in [-0.1, -0.05) is 48.5 Å². The number of aromatic carboxylic acids is 1. The first kappa shape index (κ1) is 17.7. The third-order valence-corrected chi connectivity index (χ3v) is 4.39. The van der Waals surface area contributed by atoms with Gasteiger partial charge in [-0.05, 0) is 23.1 Å². The molecule has 0 bridgehead atoms. The van der Waals surface area contributed by atoms with Gasteiger partial charge in [0.1, 0.15) is 11.4 Å². The maximum absolute atomic E-state index is 11.5. The molecule has 0 aliphatic heterocycles. The van der Waals surface area contributed by atoms with Gasteiger partial charge in [0.25, 0.3) is 10.1 Å². The Morgan fingerprint density at radius 1 is 0.923 bits per heavy atom. The van der Waals surface area contributed by atoms with Gasteiger partial charge in [0.05, 0.1) is 11.3 Å². The minimum atomic E-state index is -4.23. The number of hydrogen-bond donors (Lipinski definition) is 2. The summed E-state index contributed by atoms with van der Waals surface area (Å²) in [6.07, 6.45) is 0. The first-order chi connectivity index (χ1) is 12.3. The van der Waals surface area contributed by atoms with Crippen molar-refractivity contribution in [2.24, 2.45) is 10.2 Å². The highest BCUT2D eigenvalue weighted by molar-refractivity contribution is 7.85. The van der Waals surface area contributed by atoms with Crippen molar-refractivity contribution in [2.45, 2.75) is 5.75 Å². The van der Waals surface area contributed by atoms with Gasteiger partial charge in [-0.15, -0.1) is 5.11 Å². The van der Waals surface area contributed by atoms with Crippen LogP contribution in [0.15, 0.2) is 70.9 Å². The van der Waals surface area contributed by atoms with Gasteiger partial charge in [-0.25, -0.2) is 4.79 Å². The van der Waals surface area contributed by atoms with Crippen LogP contribution in [0.2, 0.25) is 0 Å². The quantitative estimate of drug-likeness (QED) is 0.512. The molecule has 0 unspecified atom stereocenters. The van der Waals surface area contributed by atoms with Crippen LogP contribution >= 0.6 is 0 Å². The molecule has 0 saturated heterocycles. The molecular weight excluding hydrogens is 356 g/mol. The molecule has 0 amide bonds. The maximum Gasteiger partial charge on any atom is 0.337 e. The van der Waals surface area contributed by atoms with Crippen LogP contribution in [0.5, 0.6) is 0 Å². The number of nitrogens with zero attached hydrogens (tertiary/aromatic N) is 2. The van der Waals surface area contributed by atoms with E-state index in [1.807, 2.05) is 12.1 Å². The Morgan fingerprint density at radius 3 is 2.35 bits per heavy atom. The van der Waals surface area contributed by atoms with Crippen LogP contribution in [0.3, 0.4) is 0 Å². The lowest BCUT2D eigenvalue weighted by Gasteiger charge is -2.06. The minimum Gasteiger partial charge on any atom is -0.478 e. The number of azo groups is 1. The molecular formula is C18H14N2O5S. The van der Waals surface area contributed by atoms with Gasteiger partial charge in [0.2, 0.25) is 0 Å². The first-order valence-electron chi connectivity index (χ1n) is 7.55. The highest BCUT2D eigenvalue weighted by Crippen LogP contribution is 2.32. The summed E-state index contributed by atoms with van der Waals surface area (Å²) in [5.41, 5.74) is 0.655. The summed E-state index contributed by atoms with van der Waals surface area (Å²) >= 11 is 0. The lowest BCUT2D eigenvalue weighted by atomic mass is 10.0. The molecule has 0 aliphatic carbocycles. The van der Waals surface area contributed by atoms with Crippen molar-refractivity contribution in [3.8, 4) is 0 Å². The molecule has 0 fully saturated rings. The van der Waals surface area contributed by atoms with E-state index in [2.05, 4.69) is 10.2 Å². The summed E-state index contributed by atoms with van der Waals surface area (Å²) in [6, 6.07) is 16.6. The predicted octanol–water partition coefficient (Wildman–Crippen LogP) is 4.34. The average Bonchev–Trinajstić information content (AvgIpc) is 2.59. The third-order valence-electron chi connectivity index (χ3n) is 3.72. The van der Waals surface area contributed by atoms with E-state index in [-0.39, 0.29) is 22.5 Å². The monoisotopic (exact) mass is 370 g/mol. The van der Waals surface area contributed by atoms with E-state index in [0.717, 1.165) is 5.39 Å². The number of carboxylic acids is 1. The summed E-state index contributed by atoms with van der Waals surface area (Å²) in [5, 5.41) is 19.0. The Kier molecular flexibility index (Phi) is 4.79. The van der Waals surface area contributed by atoms with Crippen LogP contribution in [0.1, 0.15) is 15.9 Å². The van der Waals surface area contributed by atoms with Crippen LogP contribution in [0.25, 0.3) is 10.8 Å². The molecule has 3 aromatic carbocycles. The van der Waals surface area contributed by atoms with Gasteiger partial charge < -0.3 is 5.11 Å². The number of carboxylic acid groups (broad SMARTS) is 1. The minimum absolute atomic E-state index is 0.0142. The fourth-order valence-corrected chi connectivity index (χ4v) is 3.20. The lowest BCUT2D eigenvalue weighted by Crippen LogP contribution is -2.01. The van der Waals surface area contributed by atoms with Crippen molar-refractivity contribution in [1.29, 1.82) is 0 Å². The number of fused-ring (bicyclic) bond motifs is 1. The molecule has 26 heavy (non-hydrogen) atoms. The first-order valence-corrected chi connectivity index (χ1v) is 9.16. The average molecular weight is 370 g/mol. The summed E-state index contributed by atoms with van der Waals surface area (Å²) in [4.78, 5) is 11.5. The summed E-state index contributed by atoms with van der Waals surface area (Å²) in [5.74, 6) is -1.75. The van der Waals surface area contributed by atoms with E-state index in [0.29, 0.717) is 5.39 Å². The van der Waals surface area contributed by atoms with Crippen molar-refractivity contribution in [1.82, 2.24) is 0 Å². The number of rotatable bonds is 5. The maximum atomic E-state index is 11.5. The Morgan fingerprint density at radius 2 is 1.62 bits per heavy atom. The molecule has 3 rings (SSSR count). The third kappa shape index (κ3) is 3.93. The van der Waals surface area contributed by atoms with E-state index in [1.165, 1.54) is 18.2 Å². The van der Waals surface area contributed by atoms with Crippen LogP contribution in [0, 0.1) is 0 Å². The van der Waals surface area contributed by atoms with Gasteiger partial charge in [-0.3, -0.25) is 4.55 Å². The van der Waals surface area contributed by atoms with Crippen LogP contribution < -0.4 is 0 Å². The van der Waals surface area contributed by atoms with Crippen LogP contribution in [-0.4, -0.2) is 24.0 Å². The lowest BCUT2D eigenvalue weighted by molar-refractivity contribution is 0.0698. The molecule has 8 heteroatoms. The topological polar surface area (TPSA) is 116 Å². The van der Waals surface area contributed by atoms with E-state index in [9.17, 15) is 18.3 Å². The van der Waals surface area contributed by atoms with E-state index in [1.54, 1.807) is 30.3 Å². The van der Waals surface area contributed by atoms with Crippen molar-refractivity contribution in [3.63, 3.8) is 0 Å². The fraction of sp³-hybridized carbons (Fsp3) is 0.0556. The number of carbonyl (C=O) groups is 1. The summed E-state index contributed by atoms with van der Waals surface area (Å²) in [6.45, 7) is 0. The second-order valence-corrected chi connectivity index (χ2v) is 7.00. The molecule has 0 aromatic heterocycles. The largest absolute Gasteiger partial charge is 0.478 e. The van der Waals surface area contributed by atoms with E-state index in [4.69, 9.17) is 4.55 Å². The molecule has 132 valence electrons. The second kappa shape index (κ2) is 7.03. The molecule has 0 spiro atoms. The molecule has 0 radical (unpaired) electrons. The molecule has 2 N–H and O–H groups in total. The van der Waals surface area contributed by atoms with E-state index >= 15 is 0 Å². The van der Waals surface area contributed by atoms with Crippen molar-refractivity contribution in [2.75, 3.05) is 0 Å². The molecule has 0 saturated carbocycles. The number of benzene rings is 3. The SMILES string of the molecule is O=C(O)c1ccc2ccccc2c1N=Nc1ccccc1CS(=O)(=O)O. The smallest absolute Gasteiger partial charge is 0.337 e. The zero-order valence-electron chi connectivity index (χ0n) is 13.4.